The lowest BCUT2D eigenvalue weighted by atomic mass is 10.1. The average molecular weight is 375 g/mol. The largest absolute Gasteiger partial charge is 0.494 e. The van der Waals surface area contributed by atoms with Crippen LogP contribution in [0.3, 0.4) is 0 Å². The van der Waals surface area contributed by atoms with Crippen LogP contribution in [0.1, 0.15) is 18.9 Å². The van der Waals surface area contributed by atoms with Crippen LogP contribution in [0.5, 0.6) is 5.75 Å². The lowest BCUT2D eigenvalue weighted by Gasteiger charge is -2.15. The molecule has 1 aromatic rings. The highest BCUT2D eigenvalue weighted by Gasteiger charge is 2.20. The van der Waals surface area contributed by atoms with E-state index in [1.54, 1.807) is 13.0 Å². The molecule has 1 aliphatic rings. The molecule has 0 bridgehead atoms. The van der Waals surface area contributed by atoms with E-state index >= 15 is 0 Å². The number of ether oxygens (including phenoxy) is 2. The van der Waals surface area contributed by atoms with Crippen LogP contribution in [0.2, 0.25) is 0 Å². The molecule has 27 heavy (non-hydrogen) atoms. The quantitative estimate of drug-likeness (QED) is 0.301. The van der Waals surface area contributed by atoms with Crippen molar-refractivity contribution in [1.82, 2.24) is 10.6 Å². The maximum Gasteiger partial charge on any atom is 0.257 e. The molecular weight excluding hydrogens is 349 g/mol. The Morgan fingerprint density at radius 2 is 2.26 bits per heavy atom. The van der Waals surface area contributed by atoms with Gasteiger partial charge in [-0.05, 0) is 49.9 Å². The molecule has 1 heterocycles. The second-order valence-corrected chi connectivity index (χ2v) is 6.44. The van der Waals surface area contributed by atoms with Gasteiger partial charge in [0.05, 0.1) is 13.7 Å². The number of hydrogen-bond acceptors (Lipinski definition) is 5. The van der Waals surface area contributed by atoms with E-state index in [4.69, 9.17) is 9.47 Å². The lowest BCUT2D eigenvalue weighted by Crippen LogP contribution is -2.26. The first-order chi connectivity index (χ1) is 13.0. The summed E-state index contributed by atoms with van der Waals surface area (Å²) in [5, 5.41) is 6.00. The zero-order valence-corrected chi connectivity index (χ0v) is 15.8. The van der Waals surface area contributed by atoms with Gasteiger partial charge in [0.1, 0.15) is 5.57 Å². The van der Waals surface area contributed by atoms with E-state index in [1.165, 1.54) is 19.2 Å². The number of nitrogens with one attached hydrogen (secondary N) is 2. The van der Waals surface area contributed by atoms with E-state index in [1.807, 2.05) is 0 Å². The minimum absolute atomic E-state index is 0.146. The lowest BCUT2D eigenvalue weighted by molar-refractivity contribution is -0.117. The summed E-state index contributed by atoms with van der Waals surface area (Å²) in [6, 6.07) is 4.52. The molecule has 1 aliphatic heterocycles. The van der Waals surface area contributed by atoms with E-state index < -0.39 is 11.7 Å². The fourth-order valence-electron chi connectivity index (χ4n) is 2.81. The topological polar surface area (TPSA) is 72.0 Å². The fourth-order valence-corrected chi connectivity index (χ4v) is 2.81. The third-order valence-corrected chi connectivity index (χ3v) is 4.30. The molecule has 0 spiro atoms. The van der Waals surface area contributed by atoms with Crippen molar-refractivity contribution in [2.75, 3.05) is 26.8 Å². The molecule has 1 aromatic carbocycles. The highest BCUT2D eigenvalue weighted by atomic mass is 19.1. The summed E-state index contributed by atoms with van der Waals surface area (Å²) in [5.41, 5.74) is 1.36. The number of carbonyl (C=O) groups is 1. The van der Waals surface area contributed by atoms with Gasteiger partial charge < -0.3 is 20.1 Å². The maximum atomic E-state index is 13.8. The predicted octanol–water partition coefficient (Wildman–Crippen LogP) is 2.56. The predicted molar refractivity (Wildman–Crippen MR) is 103 cm³/mol. The Morgan fingerprint density at radius 1 is 1.48 bits per heavy atom. The van der Waals surface area contributed by atoms with Gasteiger partial charge in [-0.1, -0.05) is 12.6 Å². The minimum atomic E-state index is -0.484. The number of rotatable bonds is 9. The summed E-state index contributed by atoms with van der Waals surface area (Å²) < 4.78 is 24.4. The van der Waals surface area contributed by atoms with Crippen molar-refractivity contribution in [3.63, 3.8) is 0 Å². The monoisotopic (exact) mass is 375 g/mol. The van der Waals surface area contributed by atoms with Crippen molar-refractivity contribution in [2.45, 2.75) is 19.9 Å². The van der Waals surface area contributed by atoms with Crippen LogP contribution in [0, 0.1) is 11.7 Å². The van der Waals surface area contributed by atoms with E-state index in [0.29, 0.717) is 23.7 Å². The first kappa shape index (κ1) is 20.6. The normalized spacial score (nSPS) is 17.1. The summed E-state index contributed by atoms with van der Waals surface area (Å²) in [4.78, 5) is 16.5. The average Bonchev–Trinajstić information content (AvgIpc) is 3.16. The van der Waals surface area contributed by atoms with Gasteiger partial charge in [-0.2, -0.15) is 0 Å². The van der Waals surface area contributed by atoms with Crippen molar-refractivity contribution in [3.8, 4) is 5.75 Å². The fraction of sp³-hybridized carbons (Fsp3) is 0.400. The Kier molecular flexibility index (Phi) is 7.55. The van der Waals surface area contributed by atoms with Crippen molar-refractivity contribution in [3.05, 3.63) is 53.2 Å². The van der Waals surface area contributed by atoms with E-state index in [9.17, 15) is 9.18 Å². The molecule has 1 amide bonds. The molecule has 2 N–H and O–H groups in total. The first-order valence-corrected chi connectivity index (χ1v) is 8.77. The Morgan fingerprint density at radius 3 is 2.81 bits per heavy atom. The molecule has 0 aromatic heterocycles. The number of hydrogen-bond donors (Lipinski definition) is 2. The second-order valence-electron chi connectivity index (χ2n) is 6.44. The zero-order chi connectivity index (χ0) is 19.8. The van der Waals surface area contributed by atoms with Gasteiger partial charge in [-0.25, -0.2) is 9.38 Å². The number of methoxy groups -OCH3 is 1. The van der Waals surface area contributed by atoms with Gasteiger partial charge in [0.25, 0.3) is 5.91 Å². The smallest absolute Gasteiger partial charge is 0.257 e. The molecule has 7 heteroatoms. The third kappa shape index (κ3) is 5.65. The van der Waals surface area contributed by atoms with Crippen molar-refractivity contribution >= 4 is 12.6 Å². The minimum Gasteiger partial charge on any atom is -0.494 e. The number of amides is 1. The van der Waals surface area contributed by atoms with E-state index in [0.717, 1.165) is 19.5 Å². The van der Waals surface area contributed by atoms with Gasteiger partial charge in [0, 0.05) is 19.0 Å². The van der Waals surface area contributed by atoms with Crippen molar-refractivity contribution < 1.29 is 18.7 Å². The molecule has 1 atom stereocenters. The van der Waals surface area contributed by atoms with Crippen LogP contribution >= 0.6 is 0 Å². The molecule has 146 valence electrons. The second kappa shape index (κ2) is 9.87. The van der Waals surface area contributed by atoms with E-state index in [2.05, 4.69) is 28.9 Å². The molecule has 1 fully saturated rings. The summed E-state index contributed by atoms with van der Waals surface area (Å²) in [7, 11) is 1.40. The van der Waals surface area contributed by atoms with Crippen molar-refractivity contribution in [1.29, 1.82) is 0 Å². The van der Waals surface area contributed by atoms with Crippen LogP contribution < -0.4 is 15.4 Å². The molecule has 0 saturated carbocycles. The Bertz CT molecular complexity index is 740. The van der Waals surface area contributed by atoms with Gasteiger partial charge >= 0.3 is 0 Å². The highest BCUT2D eigenvalue weighted by Crippen LogP contribution is 2.20. The molecule has 1 saturated heterocycles. The maximum absolute atomic E-state index is 13.8. The standard InChI is InChI=1S/C20H26FN3O3/c1-13(2)18(20(22-3)27-12-15-7-8-23-10-15)19(25)24-11-14-5-6-17(26-4)16(21)9-14/h5-6,9,15,23H,1,3,7-8,10-12H2,2,4H3,(H,24,25)/b20-18-. The van der Waals surface area contributed by atoms with Gasteiger partial charge in [0.2, 0.25) is 5.88 Å². The van der Waals surface area contributed by atoms with Crippen LogP contribution in [0.4, 0.5) is 4.39 Å². The van der Waals surface area contributed by atoms with Gasteiger partial charge in [-0.15, -0.1) is 0 Å². The van der Waals surface area contributed by atoms with Crippen LogP contribution in [0.25, 0.3) is 0 Å². The summed E-state index contributed by atoms with van der Waals surface area (Å²) in [6.07, 6.45) is 1.02. The summed E-state index contributed by atoms with van der Waals surface area (Å²) in [6.45, 7) is 11.5. The summed E-state index contributed by atoms with van der Waals surface area (Å²) in [5.74, 6) is -0.195. The first-order valence-electron chi connectivity index (χ1n) is 8.77. The van der Waals surface area contributed by atoms with E-state index in [-0.39, 0.29) is 23.8 Å². The number of halogens is 1. The number of benzene rings is 1. The number of carbonyl (C=O) groups excluding carboxylic acids is 1. The summed E-state index contributed by atoms with van der Waals surface area (Å²) >= 11 is 0. The van der Waals surface area contributed by atoms with Crippen LogP contribution in [0.15, 0.2) is 46.8 Å². The Balaban J connectivity index is 2.06. The Labute approximate surface area is 159 Å². The number of aliphatic imine (C=N–C) groups is 1. The molecular formula is C20H26FN3O3. The molecule has 6 nitrogen and oxygen atoms in total. The molecule has 0 aliphatic carbocycles. The SMILES string of the molecule is C=N/C(OCC1CCNC1)=C(\C(=C)C)C(=O)NCc1ccc(OC)c(F)c1. The number of nitrogens with zero attached hydrogens (tertiary/aromatic N) is 1. The highest BCUT2D eigenvalue weighted by molar-refractivity contribution is 5.98. The van der Waals surface area contributed by atoms with Crippen LogP contribution in [-0.4, -0.2) is 39.4 Å². The van der Waals surface area contributed by atoms with Crippen molar-refractivity contribution in [2.24, 2.45) is 10.9 Å². The third-order valence-electron chi connectivity index (χ3n) is 4.30. The molecule has 0 radical (unpaired) electrons. The molecule has 2 rings (SSSR count). The van der Waals surface area contributed by atoms with Gasteiger partial charge in [0.15, 0.2) is 11.6 Å². The zero-order valence-electron chi connectivity index (χ0n) is 15.8. The molecule has 1 unspecified atom stereocenters. The van der Waals surface area contributed by atoms with Gasteiger partial charge in [-0.3, -0.25) is 4.79 Å². The Hall–Kier alpha value is -2.67. The van der Waals surface area contributed by atoms with Crippen LogP contribution in [-0.2, 0) is 16.1 Å².